The summed E-state index contributed by atoms with van der Waals surface area (Å²) < 4.78 is 0. The topological polar surface area (TPSA) is 40.5 Å². The van der Waals surface area contributed by atoms with Gasteiger partial charge in [0.2, 0.25) is 0 Å². The minimum absolute atomic E-state index is 0.498. The summed E-state index contributed by atoms with van der Waals surface area (Å²) >= 11 is 0. The van der Waals surface area contributed by atoms with E-state index >= 15 is 0 Å². The van der Waals surface area contributed by atoms with Crippen LogP contribution in [-0.2, 0) is 13.0 Å². The highest BCUT2D eigenvalue weighted by molar-refractivity contribution is 5.89. The van der Waals surface area contributed by atoms with Crippen molar-refractivity contribution < 1.29 is 9.90 Å². The number of rotatable bonds is 3. The van der Waals surface area contributed by atoms with E-state index in [9.17, 15) is 9.90 Å². The number of hydrogen-bond acceptors (Lipinski definition) is 2. The highest BCUT2D eigenvalue weighted by Crippen LogP contribution is 2.28. The second-order valence-electron chi connectivity index (χ2n) is 5.88. The summed E-state index contributed by atoms with van der Waals surface area (Å²) in [6.45, 7) is 3.12. The van der Waals surface area contributed by atoms with Gasteiger partial charge in [-0.25, -0.2) is 4.79 Å². The standard InChI is InChI=1S/C16H21NO2/c18-16(19)15-7-3-6-13-11-17(9-8-14(13)15)10-12-4-1-2-5-12/h3,6-7,12H,1-2,4-5,8-11H2,(H,18,19). The smallest absolute Gasteiger partial charge is 0.335 e. The van der Waals surface area contributed by atoms with Crippen molar-refractivity contribution in [2.45, 2.75) is 38.6 Å². The molecular weight excluding hydrogens is 238 g/mol. The van der Waals surface area contributed by atoms with Gasteiger partial charge in [-0.3, -0.25) is 4.90 Å². The summed E-state index contributed by atoms with van der Waals surface area (Å²) in [5, 5.41) is 9.22. The summed E-state index contributed by atoms with van der Waals surface area (Å²) in [5.74, 6) is 0.0744. The fourth-order valence-corrected chi connectivity index (χ4v) is 3.58. The summed E-state index contributed by atoms with van der Waals surface area (Å²) in [7, 11) is 0. The van der Waals surface area contributed by atoms with E-state index in [4.69, 9.17) is 0 Å². The van der Waals surface area contributed by atoms with Crippen molar-refractivity contribution in [2.75, 3.05) is 13.1 Å². The third-order valence-corrected chi connectivity index (χ3v) is 4.57. The van der Waals surface area contributed by atoms with Crippen LogP contribution >= 0.6 is 0 Å². The molecule has 0 saturated heterocycles. The molecule has 1 aliphatic carbocycles. The van der Waals surface area contributed by atoms with Crippen LogP contribution in [0, 0.1) is 5.92 Å². The van der Waals surface area contributed by atoms with E-state index in [0.717, 1.165) is 31.0 Å². The number of carboxylic acid groups (broad SMARTS) is 1. The Morgan fingerprint density at radius 1 is 1.32 bits per heavy atom. The van der Waals surface area contributed by atoms with Crippen LogP contribution in [-0.4, -0.2) is 29.1 Å². The van der Waals surface area contributed by atoms with Crippen molar-refractivity contribution in [3.05, 3.63) is 34.9 Å². The maximum Gasteiger partial charge on any atom is 0.335 e. The molecule has 1 saturated carbocycles. The molecule has 0 aromatic heterocycles. The van der Waals surface area contributed by atoms with Crippen LogP contribution in [0.2, 0.25) is 0 Å². The Morgan fingerprint density at radius 2 is 2.11 bits per heavy atom. The van der Waals surface area contributed by atoms with E-state index in [1.54, 1.807) is 6.07 Å². The van der Waals surface area contributed by atoms with Crippen LogP contribution in [0.4, 0.5) is 0 Å². The number of hydrogen-bond donors (Lipinski definition) is 1. The predicted molar refractivity (Wildman–Crippen MR) is 74.3 cm³/mol. The summed E-state index contributed by atoms with van der Waals surface area (Å²) in [6, 6.07) is 5.69. The normalized spacial score (nSPS) is 20.4. The molecule has 3 nitrogen and oxygen atoms in total. The zero-order valence-corrected chi connectivity index (χ0v) is 11.3. The lowest BCUT2D eigenvalue weighted by molar-refractivity contribution is 0.0694. The van der Waals surface area contributed by atoms with Crippen LogP contribution in [0.15, 0.2) is 18.2 Å². The summed E-state index contributed by atoms with van der Waals surface area (Å²) in [5.41, 5.74) is 2.76. The molecule has 3 rings (SSSR count). The van der Waals surface area contributed by atoms with Gasteiger partial charge in [0.25, 0.3) is 0 Å². The zero-order chi connectivity index (χ0) is 13.2. The second kappa shape index (κ2) is 5.33. The molecule has 1 fully saturated rings. The molecule has 0 unspecified atom stereocenters. The number of nitrogens with zero attached hydrogens (tertiary/aromatic N) is 1. The van der Waals surface area contributed by atoms with Gasteiger partial charge < -0.3 is 5.11 Å². The molecule has 1 N–H and O–H groups in total. The average Bonchev–Trinajstić information content (AvgIpc) is 2.90. The van der Waals surface area contributed by atoms with Gasteiger partial charge in [0.05, 0.1) is 5.56 Å². The molecule has 0 radical (unpaired) electrons. The molecule has 3 heteroatoms. The fourth-order valence-electron chi connectivity index (χ4n) is 3.58. The average molecular weight is 259 g/mol. The van der Waals surface area contributed by atoms with Gasteiger partial charge >= 0.3 is 5.97 Å². The Hall–Kier alpha value is -1.35. The molecule has 0 atom stereocenters. The maximum absolute atomic E-state index is 11.2. The first kappa shape index (κ1) is 12.7. The van der Waals surface area contributed by atoms with Gasteiger partial charge in [-0.1, -0.05) is 25.0 Å². The monoisotopic (exact) mass is 259 g/mol. The van der Waals surface area contributed by atoms with Crippen LogP contribution < -0.4 is 0 Å². The van der Waals surface area contributed by atoms with Crippen LogP contribution in [0.5, 0.6) is 0 Å². The van der Waals surface area contributed by atoms with Crippen LogP contribution in [0.3, 0.4) is 0 Å². The number of benzene rings is 1. The van der Waals surface area contributed by atoms with E-state index in [2.05, 4.69) is 11.0 Å². The fraction of sp³-hybridized carbons (Fsp3) is 0.562. The predicted octanol–water partition coefficient (Wildman–Crippen LogP) is 2.93. The molecular formula is C16H21NO2. The molecule has 1 aromatic rings. The molecule has 2 aliphatic rings. The van der Waals surface area contributed by atoms with Gasteiger partial charge in [0, 0.05) is 19.6 Å². The Kier molecular flexibility index (Phi) is 3.56. The first-order valence-corrected chi connectivity index (χ1v) is 7.30. The molecule has 0 amide bonds. The molecule has 1 aromatic carbocycles. The minimum Gasteiger partial charge on any atom is -0.478 e. The maximum atomic E-state index is 11.2. The Balaban J connectivity index is 1.73. The van der Waals surface area contributed by atoms with Crippen molar-refractivity contribution in [1.29, 1.82) is 0 Å². The molecule has 19 heavy (non-hydrogen) atoms. The van der Waals surface area contributed by atoms with Gasteiger partial charge in [-0.2, -0.15) is 0 Å². The van der Waals surface area contributed by atoms with E-state index in [0.29, 0.717) is 5.56 Å². The number of carboxylic acids is 1. The van der Waals surface area contributed by atoms with Crippen molar-refractivity contribution in [1.82, 2.24) is 4.90 Å². The molecule has 1 aliphatic heterocycles. The zero-order valence-electron chi connectivity index (χ0n) is 11.3. The Bertz CT molecular complexity index is 478. The summed E-state index contributed by atoms with van der Waals surface area (Å²) in [4.78, 5) is 13.7. The lowest BCUT2D eigenvalue weighted by Gasteiger charge is -2.31. The molecule has 0 spiro atoms. The Morgan fingerprint density at radius 3 is 2.84 bits per heavy atom. The van der Waals surface area contributed by atoms with E-state index in [1.807, 2.05) is 6.07 Å². The molecule has 102 valence electrons. The quantitative estimate of drug-likeness (QED) is 0.907. The van der Waals surface area contributed by atoms with Gasteiger partial charge in [0.15, 0.2) is 0 Å². The van der Waals surface area contributed by atoms with Gasteiger partial charge in [-0.05, 0) is 42.4 Å². The largest absolute Gasteiger partial charge is 0.478 e. The third-order valence-electron chi connectivity index (χ3n) is 4.57. The first-order chi connectivity index (χ1) is 9.24. The van der Waals surface area contributed by atoms with E-state index < -0.39 is 5.97 Å². The lowest BCUT2D eigenvalue weighted by atomic mass is 9.93. The second-order valence-corrected chi connectivity index (χ2v) is 5.88. The van der Waals surface area contributed by atoms with Crippen molar-refractivity contribution in [3.63, 3.8) is 0 Å². The van der Waals surface area contributed by atoms with Crippen molar-refractivity contribution >= 4 is 5.97 Å². The number of fused-ring (bicyclic) bond motifs is 1. The number of carbonyl (C=O) groups is 1. The minimum atomic E-state index is -0.791. The highest BCUT2D eigenvalue weighted by Gasteiger charge is 2.24. The SMILES string of the molecule is O=C(O)c1cccc2c1CCN(CC1CCCC1)C2. The molecule has 1 heterocycles. The first-order valence-electron chi connectivity index (χ1n) is 7.30. The van der Waals surface area contributed by atoms with Crippen molar-refractivity contribution in [2.24, 2.45) is 5.92 Å². The van der Waals surface area contributed by atoms with E-state index in [-0.39, 0.29) is 0 Å². The Labute approximate surface area is 114 Å². The van der Waals surface area contributed by atoms with E-state index in [1.165, 1.54) is 37.8 Å². The van der Waals surface area contributed by atoms with Crippen LogP contribution in [0.25, 0.3) is 0 Å². The van der Waals surface area contributed by atoms with Crippen LogP contribution in [0.1, 0.15) is 47.2 Å². The van der Waals surface area contributed by atoms with Gasteiger partial charge in [-0.15, -0.1) is 0 Å². The molecule has 0 bridgehead atoms. The lowest BCUT2D eigenvalue weighted by Crippen LogP contribution is -2.34. The highest BCUT2D eigenvalue weighted by atomic mass is 16.4. The third kappa shape index (κ3) is 2.66. The number of aromatic carboxylic acids is 1. The summed E-state index contributed by atoms with van der Waals surface area (Å²) in [6.07, 6.45) is 6.40. The van der Waals surface area contributed by atoms with Crippen molar-refractivity contribution in [3.8, 4) is 0 Å². The van der Waals surface area contributed by atoms with Gasteiger partial charge in [0.1, 0.15) is 0 Å².